The molecule has 0 saturated carbocycles. The molecule has 100 valence electrons. The predicted octanol–water partition coefficient (Wildman–Crippen LogP) is 5.44. The van der Waals surface area contributed by atoms with E-state index in [1.54, 1.807) is 12.3 Å². The molecule has 1 nitrogen and oxygen atoms in total. The topological polar surface area (TPSA) is 12.9 Å². The number of aromatic nitrogens is 1. The SMILES string of the molecule is Cc1cc(C)cc(CSCc2cnc(Cl)cc2Cl)c1. The van der Waals surface area contributed by atoms with Crippen molar-refractivity contribution in [3.8, 4) is 0 Å². The summed E-state index contributed by atoms with van der Waals surface area (Å²) in [4.78, 5) is 4.06. The third-order valence-corrected chi connectivity index (χ3v) is 4.32. The Bertz CT molecular complexity index is 564. The van der Waals surface area contributed by atoms with Gasteiger partial charge in [0.1, 0.15) is 5.15 Å². The van der Waals surface area contributed by atoms with Gasteiger partial charge in [0.2, 0.25) is 0 Å². The van der Waals surface area contributed by atoms with Gasteiger partial charge in [-0.15, -0.1) is 0 Å². The minimum atomic E-state index is 0.438. The van der Waals surface area contributed by atoms with Crippen LogP contribution in [0.3, 0.4) is 0 Å². The van der Waals surface area contributed by atoms with Crippen molar-refractivity contribution >= 4 is 35.0 Å². The highest BCUT2D eigenvalue weighted by molar-refractivity contribution is 7.97. The van der Waals surface area contributed by atoms with E-state index >= 15 is 0 Å². The Morgan fingerprint density at radius 1 is 1.00 bits per heavy atom. The molecular formula is C15H15Cl2NS. The van der Waals surface area contributed by atoms with Gasteiger partial charge >= 0.3 is 0 Å². The second-order valence-electron chi connectivity index (χ2n) is 4.59. The first-order valence-corrected chi connectivity index (χ1v) is 7.90. The summed E-state index contributed by atoms with van der Waals surface area (Å²) in [7, 11) is 0. The summed E-state index contributed by atoms with van der Waals surface area (Å²) in [5.41, 5.74) is 4.99. The van der Waals surface area contributed by atoms with E-state index in [-0.39, 0.29) is 0 Å². The summed E-state index contributed by atoms with van der Waals surface area (Å²) in [5.74, 6) is 1.82. The molecule has 0 atom stereocenters. The summed E-state index contributed by atoms with van der Waals surface area (Å²) >= 11 is 13.7. The number of halogens is 2. The molecule has 2 rings (SSSR count). The van der Waals surface area contributed by atoms with E-state index in [9.17, 15) is 0 Å². The van der Waals surface area contributed by atoms with Gasteiger partial charge in [-0.3, -0.25) is 0 Å². The molecule has 19 heavy (non-hydrogen) atoms. The lowest BCUT2D eigenvalue weighted by atomic mass is 10.1. The van der Waals surface area contributed by atoms with Crippen molar-refractivity contribution in [1.82, 2.24) is 4.98 Å². The summed E-state index contributed by atoms with van der Waals surface area (Å²) in [6.45, 7) is 4.25. The fourth-order valence-electron chi connectivity index (χ4n) is 1.97. The highest BCUT2D eigenvalue weighted by Gasteiger charge is 2.03. The van der Waals surface area contributed by atoms with E-state index in [0.717, 1.165) is 17.1 Å². The Hall–Kier alpha value is -0.700. The van der Waals surface area contributed by atoms with Crippen LogP contribution in [-0.2, 0) is 11.5 Å². The molecule has 0 aliphatic carbocycles. The third kappa shape index (κ3) is 4.41. The average molecular weight is 312 g/mol. The Balaban J connectivity index is 1.96. The smallest absolute Gasteiger partial charge is 0.130 e. The number of hydrogen-bond donors (Lipinski definition) is 0. The minimum absolute atomic E-state index is 0.438. The van der Waals surface area contributed by atoms with E-state index in [0.29, 0.717) is 10.2 Å². The molecule has 0 radical (unpaired) electrons. The number of aryl methyl sites for hydroxylation is 2. The fourth-order valence-corrected chi connectivity index (χ4v) is 3.44. The normalized spacial score (nSPS) is 10.7. The maximum atomic E-state index is 6.12. The lowest BCUT2D eigenvalue weighted by molar-refractivity contribution is 1.24. The Morgan fingerprint density at radius 2 is 1.68 bits per heavy atom. The van der Waals surface area contributed by atoms with Crippen LogP contribution >= 0.6 is 35.0 Å². The van der Waals surface area contributed by atoms with E-state index in [1.165, 1.54) is 16.7 Å². The van der Waals surface area contributed by atoms with E-state index in [4.69, 9.17) is 23.2 Å². The zero-order chi connectivity index (χ0) is 13.8. The van der Waals surface area contributed by atoms with Gasteiger partial charge < -0.3 is 0 Å². The van der Waals surface area contributed by atoms with Crippen LogP contribution in [0.5, 0.6) is 0 Å². The Labute approximate surface area is 128 Å². The number of benzene rings is 1. The van der Waals surface area contributed by atoms with Crippen LogP contribution in [0.2, 0.25) is 10.2 Å². The summed E-state index contributed by atoms with van der Waals surface area (Å²) < 4.78 is 0. The number of nitrogens with zero attached hydrogens (tertiary/aromatic N) is 1. The van der Waals surface area contributed by atoms with Crippen molar-refractivity contribution in [2.75, 3.05) is 0 Å². The van der Waals surface area contributed by atoms with E-state index in [2.05, 4.69) is 37.0 Å². The van der Waals surface area contributed by atoms with Crippen molar-refractivity contribution < 1.29 is 0 Å². The van der Waals surface area contributed by atoms with E-state index < -0.39 is 0 Å². The highest BCUT2D eigenvalue weighted by Crippen LogP contribution is 2.25. The highest BCUT2D eigenvalue weighted by atomic mass is 35.5. The van der Waals surface area contributed by atoms with Crippen LogP contribution in [0, 0.1) is 13.8 Å². The number of hydrogen-bond acceptors (Lipinski definition) is 2. The largest absolute Gasteiger partial charge is 0.244 e. The molecule has 1 heterocycles. The van der Waals surface area contributed by atoms with Crippen molar-refractivity contribution in [3.63, 3.8) is 0 Å². The van der Waals surface area contributed by atoms with Gasteiger partial charge in [-0.2, -0.15) is 11.8 Å². The number of pyridine rings is 1. The summed E-state index contributed by atoms with van der Waals surface area (Å²) in [5, 5.41) is 1.13. The molecule has 2 aromatic rings. The second-order valence-corrected chi connectivity index (χ2v) is 6.37. The molecule has 0 N–H and O–H groups in total. The number of rotatable bonds is 4. The lowest BCUT2D eigenvalue weighted by Crippen LogP contribution is -1.89. The quantitative estimate of drug-likeness (QED) is 0.697. The van der Waals surface area contributed by atoms with Gasteiger partial charge in [0, 0.05) is 22.7 Å². The van der Waals surface area contributed by atoms with Crippen LogP contribution in [-0.4, -0.2) is 4.98 Å². The minimum Gasteiger partial charge on any atom is -0.244 e. The first kappa shape index (κ1) is 14.7. The van der Waals surface area contributed by atoms with Crippen LogP contribution in [0.4, 0.5) is 0 Å². The van der Waals surface area contributed by atoms with Crippen LogP contribution < -0.4 is 0 Å². The Morgan fingerprint density at radius 3 is 2.32 bits per heavy atom. The van der Waals surface area contributed by atoms with Gasteiger partial charge in [0.05, 0.1) is 0 Å². The zero-order valence-electron chi connectivity index (χ0n) is 10.9. The van der Waals surface area contributed by atoms with Gasteiger partial charge in [0.15, 0.2) is 0 Å². The molecule has 0 fully saturated rings. The number of thioether (sulfide) groups is 1. The third-order valence-electron chi connectivity index (χ3n) is 2.70. The molecule has 0 bridgehead atoms. The molecule has 1 aromatic carbocycles. The van der Waals surface area contributed by atoms with Crippen LogP contribution in [0.15, 0.2) is 30.5 Å². The average Bonchev–Trinajstić information content (AvgIpc) is 2.30. The van der Waals surface area contributed by atoms with Crippen molar-refractivity contribution in [1.29, 1.82) is 0 Å². The maximum absolute atomic E-state index is 6.12. The first-order valence-electron chi connectivity index (χ1n) is 5.99. The molecule has 0 aliphatic heterocycles. The van der Waals surface area contributed by atoms with Crippen molar-refractivity contribution in [2.45, 2.75) is 25.4 Å². The first-order chi connectivity index (χ1) is 9.04. The summed E-state index contributed by atoms with van der Waals surface area (Å²) in [6.07, 6.45) is 1.75. The van der Waals surface area contributed by atoms with Gasteiger partial charge in [-0.05, 0) is 31.0 Å². The van der Waals surface area contributed by atoms with Gasteiger partial charge in [-0.25, -0.2) is 4.98 Å². The zero-order valence-corrected chi connectivity index (χ0v) is 13.2. The summed E-state index contributed by atoms with van der Waals surface area (Å²) in [6, 6.07) is 8.33. The van der Waals surface area contributed by atoms with Crippen LogP contribution in [0.25, 0.3) is 0 Å². The molecule has 4 heteroatoms. The monoisotopic (exact) mass is 311 g/mol. The predicted molar refractivity (Wildman–Crippen MR) is 85.2 cm³/mol. The maximum Gasteiger partial charge on any atom is 0.130 e. The molecule has 0 aliphatic rings. The molecule has 0 saturated heterocycles. The molecule has 0 amide bonds. The molecule has 0 spiro atoms. The second kappa shape index (κ2) is 6.65. The standard InChI is InChI=1S/C15H15Cl2NS/c1-10-3-11(2)5-12(4-10)8-19-9-13-7-18-15(17)6-14(13)16/h3-7H,8-9H2,1-2H3. The van der Waals surface area contributed by atoms with Crippen LogP contribution in [0.1, 0.15) is 22.3 Å². The molecule has 0 unspecified atom stereocenters. The molecular weight excluding hydrogens is 297 g/mol. The van der Waals surface area contributed by atoms with Gasteiger partial charge in [0.25, 0.3) is 0 Å². The molecule has 1 aromatic heterocycles. The van der Waals surface area contributed by atoms with Crippen molar-refractivity contribution in [3.05, 3.63) is 62.9 Å². The van der Waals surface area contributed by atoms with Gasteiger partial charge in [-0.1, -0.05) is 52.5 Å². The van der Waals surface area contributed by atoms with E-state index in [1.807, 2.05) is 11.8 Å². The lowest BCUT2D eigenvalue weighted by Gasteiger charge is -2.06. The fraction of sp³-hybridized carbons (Fsp3) is 0.267. The van der Waals surface area contributed by atoms with Crippen molar-refractivity contribution in [2.24, 2.45) is 0 Å². The Kier molecular flexibility index (Phi) is 5.14.